The molecule has 1 aromatic carbocycles. The summed E-state index contributed by atoms with van der Waals surface area (Å²) < 4.78 is 45.9. The molecular formula is C17H19F3N2O3. The average molecular weight is 356 g/mol. The predicted molar refractivity (Wildman–Crippen MR) is 84.0 cm³/mol. The van der Waals surface area contributed by atoms with Gasteiger partial charge in [-0.1, -0.05) is 20.8 Å². The van der Waals surface area contributed by atoms with Crippen LogP contribution in [0.4, 0.5) is 13.2 Å². The number of halogens is 3. The van der Waals surface area contributed by atoms with Gasteiger partial charge in [-0.2, -0.15) is 0 Å². The van der Waals surface area contributed by atoms with E-state index in [1.54, 1.807) is 0 Å². The molecule has 1 heterocycles. The highest BCUT2D eigenvalue weighted by Gasteiger charge is 2.43. The van der Waals surface area contributed by atoms with E-state index in [0.29, 0.717) is 11.3 Å². The maximum absolute atomic E-state index is 12.2. The second-order valence-electron chi connectivity index (χ2n) is 6.55. The number of alkyl halides is 3. The summed E-state index contributed by atoms with van der Waals surface area (Å²) in [5.41, 5.74) is -1.51. The van der Waals surface area contributed by atoms with Crippen molar-refractivity contribution in [2.24, 2.45) is 5.41 Å². The first-order valence-corrected chi connectivity index (χ1v) is 7.48. The summed E-state index contributed by atoms with van der Waals surface area (Å²) in [6.07, 6.45) is -0.390. The van der Waals surface area contributed by atoms with Crippen LogP contribution < -0.4 is 9.47 Å². The molecule has 136 valence electrons. The number of benzene rings is 1. The smallest absolute Gasteiger partial charge is 0.490 e. The van der Waals surface area contributed by atoms with Crippen LogP contribution in [0, 0.1) is 5.41 Å². The summed E-state index contributed by atoms with van der Waals surface area (Å²) in [6, 6.07) is 4.96. The van der Waals surface area contributed by atoms with Gasteiger partial charge in [-0.25, -0.2) is 9.97 Å². The zero-order valence-corrected chi connectivity index (χ0v) is 14.0. The lowest BCUT2D eigenvalue weighted by Gasteiger charge is -2.39. The molecule has 1 N–H and O–H groups in total. The second kappa shape index (κ2) is 6.87. The largest absolute Gasteiger partial charge is 0.573 e. The molecule has 1 aromatic heterocycles. The Labute approximate surface area is 143 Å². The summed E-state index contributed by atoms with van der Waals surface area (Å²) in [5.74, 6) is -0.0450. The predicted octanol–water partition coefficient (Wildman–Crippen LogP) is 3.69. The van der Waals surface area contributed by atoms with Crippen molar-refractivity contribution in [3.8, 4) is 11.5 Å². The Morgan fingerprint density at radius 2 is 1.48 bits per heavy atom. The Hall–Kier alpha value is -2.35. The molecule has 0 saturated heterocycles. The van der Waals surface area contributed by atoms with Gasteiger partial charge in [0, 0.05) is 18.0 Å². The van der Waals surface area contributed by atoms with Crippen LogP contribution in [0.25, 0.3) is 0 Å². The molecule has 0 radical (unpaired) electrons. The number of rotatable bonds is 5. The molecule has 1 atom stereocenters. The van der Waals surface area contributed by atoms with Crippen LogP contribution in [-0.2, 0) is 5.60 Å². The summed E-state index contributed by atoms with van der Waals surface area (Å²) in [4.78, 5) is 7.83. The molecule has 25 heavy (non-hydrogen) atoms. The van der Waals surface area contributed by atoms with Gasteiger partial charge in [-0.15, -0.1) is 13.2 Å². The maximum atomic E-state index is 12.2. The molecule has 2 rings (SSSR count). The first kappa shape index (κ1) is 19.0. The zero-order valence-electron chi connectivity index (χ0n) is 14.0. The number of nitrogens with zero attached hydrogens (tertiary/aromatic N) is 2. The van der Waals surface area contributed by atoms with E-state index in [2.05, 4.69) is 14.7 Å². The van der Waals surface area contributed by atoms with Crippen LogP contribution in [0.2, 0.25) is 0 Å². The standard InChI is InChI=1S/C17H19F3N2O3/c1-15(2,3)16(23,12-8-21-11-22-9-12)10-24-13-4-6-14(7-5-13)25-17(18,19)20/h4-9,11,23H,10H2,1-3H3. The monoisotopic (exact) mass is 356 g/mol. The van der Waals surface area contributed by atoms with E-state index in [1.165, 1.54) is 30.9 Å². The Morgan fingerprint density at radius 1 is 0.960 bits per heavy atom. The SMILES string of the molecule is CC(C)(C)C(O)(COc1ccc(OC(F)(F)F)cc1)c1cncnc1. The Morgan fingerprint density at radius 3 is 1.96 bits per heavy atom. The highest BCUT2D eigenvalue weighted by Crippen LogP contribution is 2.39. The third kappa shape index (κ3) is 4.82. The van der Waals surface area contributed by atoms with Gasteiger partial charge >= 0.3 is 6.36 Å². The second-order valence-corrected chi connectivity index (χ2v) is 6.55. The molecule has 0 aliphatic heterocycles. The lowest BCUT2D eigenvalue weighted by molar-refractivity contribution is -0.274. The summed E-state index contributed by atoms with van der Waals surface area (Å²) in [6.45, 7) is 5.39. The van der Waals surface area contributed by atoms with Crippen molar-refractivity contribution >= 4 is 0 Å². The molecule has 5 nitrogen and oxygen atoms in total. The van der Waals surface area contributed by atoms with Crippen LogP contribution in [-0.4, -0.2) is 28.0 Å². The van der Waals surface area contributed by atoms with Gasteiger partial charge in [-0.3, -0.25) is 0 Å². The Bertz CT molecular complexity index is 685. The van der Waals surface area contributed by atoms with Crippen molar-refractivity contribution in [3.63, 3.8) is 0 Å². The minimum absolute atomic E-state index is 0.122. The zero-order chi connectivity index (χ0) is 18.7. The van der Waals surface area contributed by atoms with E-state index >= 15 is 0 Å². The number of aromatic nitrogens is 2. The quantitative estimate of drug-likeness (QED) is 0.885. The lowest BCUT2D eigenvalue weighted by atomic mass is 9.73. The van der Waals surface area contributed by atoms with E-state index in [4.69, 9.17) is 4.74 Å². The molecule has 2 aromatic rings. The fourth-order valence-electron chi connectivity index (χ4n) is 2.17. The molecule has 0 aliphatic carbocycles. The van der Waals surface area contributed by atoms with Crippen LogP contribution in [0.15, 0.2) is 43.0 Å². The molecule has 0 bridgehead atoms. The fraction of sp³-hybridized carbons (Fsp3) is 0.412. The maximum Gasteiger partial charge on any atom is 0.573 e. The molecular weight excluding hydrogens is 337 g/mol. The van der Waals surface area contributed by atoms with Gasteiger partial charge in [0.05, 0.1) is 0 Å². The first-order valence-electron chi connectivity index (χ1n) is 7.48. The van der Waals surface area contributed by atoms with Crippen LogP contribution in [0.3, 0.4) is 0 Å². The van der Waals surface area contributed by atoms with Crippen molar-refractivity contribution < 1.29 is 27.8 Å². The van der Waals surface area contributed by atoms with Gasteiger partial charge in [0.2, 0.25) is 0 Å². The average Bonchev–Trinajstić information content (AvgIpc) is 2.52. The van der Waals surface area contributed by atoms with Gasteiger partial charge in [0.25, 0.3) is 0 Å². The fourth-order valence-corrected chi connectivity index (χ4v) is 2.17. The van der Waals surface area contributed by atoms with Gasteiger partial charge in [0.15, 0.2) is 0 Å². The highest BCUT2D eigenvalue weighted by molar-refractivity contribution is 5.31. The van der Waals surface area contributed by atoms with E-state index in [0.717, 1.165) is 12.1 Å². The number of hydrogen-bond donors (Lipinski definition) is 1. The third-order valence-electron chi connectivity index (χ3n) is 3.78. The summed E-state index contributed by atoms with van der Waals surface area (Å²) in [7, 11) is 0. The van der Waals surface area contributed by atoms with E-state index in [1.807, 2.05) is 20.8 Å². The van der Waals surface area contributed by atoms with E-state index in [-0.39, 0.29) is 12.4 Å². The third-order valence-corrected chi connectivity index (χ3v) is 3.78. The van der Waals surface area contributed by atoms with Gasteiger partial charge in [0.1, 0.15) is 30.0 Å². The minimum atomic E-state index is -4.75. The summed E-state index contributed by atoms with van der Waals surface area (Å²) in [5, 5.41) is 11.1. The number of hydrogen-bond acceptors (Lipinski definition) is 5. The normalized spacial score (nSPS) is 14.7. The molecule has 1 unspecified atom stereocenters. The van der Waals surface area contributed by atoms with Crippen molar-refractivity contribution in [2.75, 3.05) is 6.61 Å². The number of ether oxygens (including phenoxy) is 2. The summed E-state index contributed by atoms with van der Waals surface area (Å²) >= 11 is 0. The van der Waals surface area contributed by atoms with E-state index in [9.17, 15) is 18.3 Å². The van der Waals surface area contributed by atoms with Crippen molar-refractivity contribution in [3.05, 3.63) is 48.5 Å². The van der Waals surface area contributed by atoms with E-state index < -0.39 is 17.4 Å². The topological polar surface area (TPSA) is 64.5 Å². The van der Waals surface area contributed by atoms with Gasteiger partial charge < -0.3 is 14.6 Å². The molecule has 0 spiro atoms. The highest BCUT2D eigenvalue weighted by atomic mass is 19.4. The first-order chi connectivity index (χ1) is 11.5. The van der Waals surface area contributed by atoms with Crippen LogP contribution in [0.1, 0.15) is 26.3 Å². The van der Waals surface area contributed by atoms with Crippen molar-refractivity contribution in [1.82, 2.24) is 9.97 Å². The lowest BCUT2D eigenvalue weighted by Crippen LogP contribution is -2.45. The Balaban J connectivity index is 2.14. The van der Waals surface area contributed by atoms with Crippen molar-refractivity contribution in [1.29, 1.82) is 0 Å². The molecule has 0 aliphatic rings. The Kier molecular flexibility index (Phi) is 5.22. The molecule has 0 fully saturated rings. The van der Waals surface area contributed by atoms with Crippen LogP contribution in [0.5, 0.6) is 11.5 Å². The molecule has 8 heteroatoms. The number of aliphatic hydroxyl groups is 1. The van der Waals surface area contributed by atoms with Gasteiger partial charge in [-0.05, 0) is 29.7 Å². The molecule has 0 amide bonds. The van der Waals surface area contributed by atoms with Crippen molar-refractivity contribution in [2.45, 2.75) is 32.7 Å². The van der Waals surface area contributed by atoms with Crippen LogP contribution >= 0.6 is 0 Å². The molecule has 0 saturated carbocycles. The minimum Gasteiger partial charge on any atom is -0.490 e.